The van der Waals surface area contributed by atoms with E-state index in [4.69, 9.17) is 9.47 Å². The van der Waals surface area contributed by atoms with Crippen LogP contribution < -0.4 is 14.8 Å². The summed E-state index contributed by atoms with van der Waals surface area (Å²) < 4.78 is 12.6. The first kappa shape index (κ1) is 21.4. The first-order valence-corrected chi connectivity index (χ1v) is 10.3. The summed E-state index contributed by atoms with van der Waals surface area (Å²) in [5, 5.41) is 12.2. The van der Waals surface area contributed by atoms with E-state index in [1.165, 1.54) is 11.8 Å². The number of rotatable bonds is 10. The number of hydrogen-bond donors (Lipinski definition) is 1. The number of allylic oxidation sites excluding steroid dienone is 1. The smallest absolute Gasteiger partial charge is 0.230 e. The summed E-state index contributed by atoms with van der Waals surface area (Å²) in [6, 6.07) is 15.3. The molecule has 0 radical (unpaired) electrons. The summed E-state index contributed by atoms with van der Waals surface area (Å²) in [5.74, 6) is 2.14. The first-order chi connectivity index (χ1) is 14.6. The van der Waals surface area contributed by atoms with Crippen molar-refractivity contribution in [2.45, 2.75) is 18.2 Å². The molecule has 2 aromatic carbocycles. The van der Waals surface area contributed by atoms with Gasteiger partial charge in [0.2, 0.25) is 5.91 Å². The average molecular weight is 425 g/mol. The predicted molar refractivity (Wildman–Crippen MR) is 118 cm³/mol. The van der Waals surface area contributed by atoms with Gasteiger partial charge >= 0.3 is 0 Å². The zero-order valence-electron chi connectivity index (χ0n) is 17.0. The van der Waals surface area contributed by atoms with Gasteiger partial charge in [-0.15, -0.1) is 16.8 Å². The molecule has 30 heavy (non-hydrogen) atoms. The maximum absolute atomic E-state index is 12.3. The summed E-state index contributed by atoms with van der Waals surface area (Å²) in [7, 11) is 3.20. The summed E-state index contributed by atoms with van der Waals surface area (Å²) >= 11 is 1.33. The van der Waals surface area contributed by atoms with Gasteiger partial charge in [0.25, 0.3) is 0 Å². The maximum atomic E-state index is 12.3. The number of nitrogens with zero attached hydrogens (tertiary/aromatic N) is 3. The van der Waals surface area contributed by atoms with Gasteiger partial charge in [-0.05, 0) is 17.7 Å². The average Bonchev–Trinajstić information content (AvgIpc) is 3.19. The van der Waals surface area contributed by atoms with Crippen LogP contribution in [0.2, 0.25) is 0 Å². The summed E-state index contributed by atoms with van der Waals surface area (Å²) in [6.07, 6.45) is 1.77. The lowest BCUT2D eigenvalue weighted by atomic mass is 10.2. The van der Waals surface area contributed by atoms with Crippen LogP contribution in [0.15, 0.2) is 66.3 Å². The first-order valence-electron chi connectivity index (χ1n) is 9.35. The standard InChI is InChI=1S/C22H24N4O3S/c1-4-10-26-21(17-11-18(28-2)13-19(12-17)29-3)24-25-22(26)30-15-20(27)23-14-16-8-6-5-7-9-16/h4-9,11-13H,1,10,14-15H2,2-3H3,(H,23,27). The number of benzene rings is 2. The SMILES string of the molecule is C=CCn1c(SCC(=O)NCc2ccccc2)nnc1-c1cc(OC)cc(OC)c1. The van der Waals surface area contributed by atoms with Gasteiger partial charge in [0.15, 0.2) is 11.0 Å². The second-order valence-corrected chi connectivity index (χ2v) is 7.30. The van der Waals surface area contributed by atoms with Gasteiger partial charge < -0.3 is 14.8 Å². The second kappa shape index (κ2) is 10.5. The van der Waals surface area contributed by atoms with E-state index in [0.29, 0.717) is 35.6 Å². The summed E-state index contributed by atoms with van der Waals surface area (Å²) in [4.78, 5) is 12.3. The zero-order chi connectivity index (χ0) is 21.3. The number of hydrogen-bond acceptors (Lipinski definition) is 6. The van der Waals surface area contributed by atoms with Crippen LogP contribution in [0.25, 0.3) is 11.4 Å². The lowest BCUT2D eigenvalue weighted by Crippen LogP contribution is -2.24. The number of aromatic nitrogens is 3. The molecule has 3 aromatic rings. The van der Waals surface area contributed by atoms with Gasteiger partial charge in [-0.3, -0.25) is 9.36 Å². The minimum atomic E-state index is -0.0680. The molecule has 0 aliphatic rings. The van der Waals surface area contributed by atoms with E-state index in [0.717, 1.165) is 11.1 Å². The molecule has 156 valence electrons. The molecule has 0 fully saturated rings. The Morgan fingerprint density at radius 3 is 2.47 bits per heavy atom. The Labute approximate surface area is 180 Å². The van der Waals surface area contributed by atoms with E-state index in [-0.39, 0.29) is 11.7 Å². The van der Waals surface area contributed by atoms with Crippen molar-refractivity contribution in [2.24, 2.45) is 0 Å². The molecule has 1 aromatic heterocycles. The van der Waals surface area contributed by atoms with Gasteiger partial charge in [0.1, 0.15) is 11.5 Å². The Morgan fingerprint density at radius 1 is 1.13 bits per heavy atom. The fraction of sp³-hybridized carbons (Fsp3) is 0.227. The normalized spacial score (nSPS) is 10.5. The number of methoxy groups -OCH3 is 2. The molecule has 0 atom stereocenters. The quantitative estimate of drug-likeness (QED) is 0.396. The minimum Gasteiger partial charge on any atom is -0.497 e. The van der Waals surface area contributed by atoms with Crippen molar-refractivity contribution in [1.29, 1.82) is 0 Å². The third-order valence-electron chi connectivity index (χ3n) is 4.30. The van der Waals surface area contributed by atoms with Crippen LogP contribution in [-0.2, 0) is 17.9 Å². The van der Waals surface area contributed by atoms with Gasteiger partial charge in [-0.2, -0.15) is 0 Å². The van der Waals surface area contributed by atoms with Gasteiger partial charge in [-0.25, -0.2) is 0 Å². The fourth-order valence-electron chi connectivity index (χ4n) is 2.82. The Bertz CT molecular complexity index is 983. The Kier molecular flexibility index (Phi) is 7.51. The number of ether oxygens (including phenoxy) is 2. The molecule has 0 bridgehead atoms. The Morgan fingerprint density at radius 2 is 1.83 bits per heavy atom. The second-order valence-electron chi connectivity index (χ2n) is 6.36. The Hall–Kier alpha value is -3.26. The van der Waals surface area contributed by atoms with Crippen molar-refractivity contribution in [3.05, 3.63) is 66.7 Å². The van der Waals surface area contributed by atoms with E-state index in [9.17, 15) is 4.79 Å². The highest BCUT2D eigenvalue weighted by atomic mass is 32.2. The van der Waals surface area contributed by atoms with Crippen LogP contribution in [0.3, 0.4) is 0 Å². The van der Waals surface area contributed by atoms with Crippen LogP contribution in [0.4, 0.5) is 0 Å². The molecule has 0 saturated heterocycles. The topological polar surface area (TPSA) is 78.3 Å². The van der Waals surface area contributed by atoms with Gasteiger partial charge in [-0.1, -0.05) is 48.2 Å². The van der Waals surface area contributed by atoms with Gasteiger partial charge in [0, 0.05) is 24.7 Å². The molecule has 3 rings (SSSR count). The van der Waals surface area contributed by atoms with Crippen molar-refractivity contribution in [3.8, 4) is 22.9 Å². The largest absolute Gasteiger partial charge is 0.497 e. The van der Waals surface area contributed by atoms with Crippen molar-refractivity contribution in [2.75, 3.05) is 20.0 Å². The summed E-state index contributed by atoms with van der Waals surface area (Å²) in [5.41, 5.74) is 1.86. The van der Waals surface area contributed by atoms with Crippen LogP contribution in [0.1, 0.15) is 5.56 Å². The molecule has 8 heteroatoms. The minimum absolute atomic E-state index is 0.0680. The lowest BCUT2D eigenvalue weighted by Gasteiger charge is -2.10. The van der Waals surface area contributed by atoms with Crippen LogP contribution in [-0.4, -0.2) is 40.6 Å². The highest BCUT2D eigenvalue weighted by Crippen LogP contribution is 2.30. The van der Waals surface area contributed by atoms with Crippen LogP contribution in [0.5, 0.6) is 11.5 Å². The third kappa shape index (κ3) is 5.42. The zero-order valence-corrected chi connectivity index (χ0v) is 17.8. The van der Waals surface area contributed by atoms with E-state index in [1.54, 1.807) is 26.4 Å². The van der Waals surface area contributed by atoms with Crippen LogP contribution >= 0.6 is 11.8 Å². The van der Waals surface area contributed by atoms with Crippen molar-refractivity contribution in [1.82, 2.24) is 20.1 Å². The highest BCUT2D eigenvalue weighted by molar-refractivity contribution is 7.99. The molecule has 0 unspecified atom stereocenters. The van der Waals surface area contributed by atoms with E-state index < -0.39 is 0 Å². The van der Waals surface area contributed by atoms with E-state index in [1.807, 2.05) is 47.0 Å². The Balaban J connectivity index is 1.73. The number of carbonyl (C=O) groups excluding carboxylic acids is 1. The molecule has 0 saturated carbocycles. The molecule has 0 aliphatic carbocycles. The number of nitrogens with one attached hydrogen (secondary N) is 1. The predicted octanol–water partition coefficient (Wildman–Crippen LogP) is 3.56. The monoisotopic (exact) mass is 424 g/mol. The number of carbonyl (C=O) groups is 1. The molecule has 0 aliphatic heterocycles. The maximum Gasteiger partial charge on any atom is 0.230 e. The van der Waals surface area contributed by atoms with Crippen molar-refractivity contribution >= 4 is 17.7 Å². The lowest BCUT2D eigenvalue weighted by molar-refractivity contribution is -0.118. The molecule has 1 heterocycles. The van der Waals surface area contributed by atoms with E-state index >= 15 is 0 Å². The van der Waals surface area contributed by atoms with Crippen molar-refractivity contribution in [3.63, 3.8) is 0 Å². The van der Waals surface area contributed by atoms with Crippen molar-refractivity contribution < 1.29 is 14.3 Å². The summed E-state index contributed by atoms with van der Waals surface area (Å²) in [6.45, 7) is 4.83. The number of amides is 1. The molecular weight excluding hydrogens is 400 g/mol. The molecule has 1 N–H and O–H groups in total. The molecule has 0 spiro atoms. The van der Waals surface area contributed by atoms with Gasteiger partial charge in [0.05, 0.1) is 20.0 Å². The van der Waals surface area contributed by atoms with E-state index in [2.05, 4.69) is 22.1 Å². The van der Waals surface area contributed by atoms with Crippen LogP contribution in [0, 0.1) is 0 Å². The molecule has 7 nitrogen and oxygen atoms in total. The molecule has 1 amide bonds. The molecular formula is C22H24N4O3S. The third-order valence-corrected chi connectivity index (χ3v) is 5.27. The highest BCUT2D eigenvalue weighted by Gasteiger charge is 2.16. The number of thioether (sulfide) groups is 1. The fourth-order valence-corrected chi connectivity index (χ4v) is 3.59.